The first-order chi connectivity index (χ1) is 18.3. The molecule has 0 aliphatic rings. The van der Waals surface area contributed by atoms with Gasteiger partial charge < -0.3 is 25.8 Å². The number of aromatic hydroxyl groups is 1. The molecule has 2 heterocycles. The molecule has 2 amide bonds. The van der Waals surface area contributed by atoms with Crippen LogP contribution in [-0.4, -0.2) is 58.6 Å². The van der Waals surface area contributed by atoms with E-state index in [1.54, 1.807) is 43.5 Å². The maximum absolute atomic E-state index is 13.2. The summed E-state index contributed by atoms with van der Waals surface area (Å²) in [5.41, 5.74) is 2.20. The van der Waals surface area contributed by atoms with Gasteiger partial charge >= 0.3 is 5.97 Å². The van der Waals surface area contributed by atoms with E-state index in [4.69, 9.17) is 4.74 Å². The van der Waals surface area contributed by atoms with E-state index in [1.807, 2.05) is 19.1 Å². The maximum Gasteiger partial charge on any atom is 0.330 e. The molecule has 0 aliphatic heterocycles. The number of hydrogen-bond acceptors (Lipinski definition) is 9. The smallest absolute Gasteiger partial charge is 0.330 e. The van der Waals surface area contributed by atoms with Gasteiger partial charge in [-0.1, -0.05) is 25.1 Å². The lowest BCUT2D eigenvalue weighted by Gasteiger charge is -2.19. The Morgan fingerprint density at radius 1 is 1.08 bits per heavy atom. The minimum absolute atomic E-state index is 0.122. The molecule has 202 valence electrons. The van der Waals surface area contributed by atoms with Gasteiger partial charge in [0.1, 0.15) is 11.8 Å². The fraction of sp³-hybridized carbons (Fsp3) is 0.370. The SMILES string of the molecule is CCCOC(=O)C(CNC(=O)c1cccs1)NC(=O)c1c(C)nc(NCCCc2cccc(O)c2)nc1C. The molecular weight excluding hydrogens is 506 g/mol. The third-order valence-electron chi connectivity index (χ3n) is 5.58. The van der Waals surface area contributed by atoms with Gasteiger partial charge in [-0.3, -0.25) is 9.59 Å². The van der Waals surface area contributed by atoms with E-state index in [1.165, 1.54) is 11.3 Å². The Balaban J connectivity index is 1.62. The van der Waals surface area contributed by atoms with E-state index in [0.29, 0.717) is 35.2 Å². The second kappa shape index (κ2) is 14.1. The molecule has 1 atom stereocenters. The lowest BCUT2D eigenvalue weighted by Crippen LogP contribution is -2.49. The first-order valence-electron chi connectivity index (χ1n) is 12.4. The van der Waals surface area contributed by atoms with Crippen molar-refractivity contribution in [2.24, 2.45) is 0 Å². The van der Waals surface area contributed by atoms with Crippen molar-refractivity contribution in [2.45, 2.75) is 46.1 Å². The molecule has 0 fully saturated rings. The largest absolute Gasteiger partial charge is 0.508 e. The number of rotatable bonds is 13. The molecule has 0 radical (unpaired) electrons. The Morgan fingerprint density at radius 2 is 1.84 bits per heavy atom. The number of nitrogens with one attached hydrogen (secondary N) is 3. The van der Waals surface area contributed by atoms with Crippen molar-refractivity contribution >= 4 is 35.1 Å². The average Bonchev–Trinajstić information content (AvgIpc) is 3.42. The summed E-state index contributed by atoms with van der Waals surface area (Å²) >= 11 is 1.28. The van der Waals surface area contributed by atoms with E-state index in [9.17, 15) is 19.5 Å². The molecule has 10 nitrogen and oxygen atoms in total. The number of ether oxygens (including phenoxy) is 1. The zero-order valence-electron chi connectivity index (χ0n) is 21.7. The topological polar surface area (TPSA) is 143 Å². The van der Waals surface area contributed by atoms with Crippen molar-refractivity contribution < 1.29 is 24.2 Å². The van der Waals surface area contributed by atoms with Crippen molar-refractivity contribution in [2.75, 3.05) is 25.0 Å². The molecule has 0 bridgehead atoms. The van der Waals surface area contributed by atoms with Crippen LogP contribution >= 0.6 is 11.3 Å². The number of carbonyl (C=O) groups is 3. The van der Waals surface area contributed by atoms with E-state index >= 15 is 0 Å². The van der Waals surface area contributed by atoms with Crippen LogP contribution in [0.5, 0.6) is 5.75 Å². The van der Waals surface area contributed by atoms with Crippen molar-refractivity contribution in [1.29, 1.82) is 0 Å². The first kappa shape index (κ1) is 28.6. The minimum Gasteiger partial charge on any atom is -0.508 e. The van der Waals surface area contributed by atoms with Crippen LogP contribution < -0.4 is 16.0 Å². The number of esters is 1. The normalized spacial score (nSPS) is 11.4. The molecule has 1 unspecified atom stereocenters. The molecule has 0 saturated heterocycles. The van der Waals surface area contributed by atoms with Crippen LogP contribution in [0.1, 0.15) is 56.7 Å². The number of nitrogens with zero attached hydrogens (tertiary/aromatic N) is 2. The number of benzene rings is 1. The quantitative estimate of drug-likeness (QED) is 0.191. The fourth-order valence-electron chi connectivity index (χ4n) is 3.75. The standard InChI is InChI=1S/C27H33N5O5S/c1-4-13-37-26(36)21(16-29-24(34)22-11-7-14-38-22)32-25(35)23-17(2)30-27(31-18(23)3)28-12-6-9-19-8-5-10-20(33)15-19/h5,7-8,10-11,14-15,21,33H,4,6,9,12-13,16H2,1-3H3,(H,29,34)(H,32,35)(H,28,30,31). The number of carbonyl (C=O) groups excluding carboxylic acids is 3. The molecular formula is C27H33N5O5S. The number of amides is 2. The van der Waals surface area contributed by atoms with Crippen molar-refractivity contribution in [1.82, 2.24) is 20.6 Å². The van der Waals surface area contributed by atoms with Crippen LogP contribution in [0, 0.1) is 13.8 Å². The molecule has 0 spiro atoms. The summed E-state index contributed by atoms with van der Waals surface area (Å²) < 4.78 is 5.23. The number of anilines is 1. The van der Waals surface area contributed by atoms with E-state index < -0.39 is 17.9 Å². The third kappa shape index (κ3) is 8.27. The van der Waals surface area contributed by atoms with Crippen molar-refractivity contribution in [3.05, 3.63) is 69.2 Å². The summed E-state index contributed by atoms with van der Waals surface area (Å²) in [6.45, 7) is 5.95. The highest BCUT2D eigenvalue weighted by molar-refractivity contribution is 7.12. The van der Waals surface area contributed by atoms with Crippen molar-refractivity contribution in [3.8, 4) is 5.75 Å². The summed E-state index contributed by atoms with van der Waals surface area (Å²) in [5.74, 6) is -0.857. The van der Waals surface area contributed by atoms with Crippen LogP contribution in [-0.2, 0) is 16.0 Å². The lowest BCUT2D eigenvalue weighted by molar-refractivity contribution is -0.145. The molecule has 1 aromatic carbocycles. The van der Waals surface area contributed by atoms with Gasteiger partial charge in [0.05, 0.1) is 28.4 Å². The molecule has 38 heavy (non-hydrogen) atoms. The van der Waals surface area contributed by atoms with Crippen LogP contribution in [0.15, 0.2) is 41.8 Å². The fourth-order valence-corrected chi connectivity index (χ4v) is 4.39. The van der Waals surface area contributed by atoms with Gasteiger partial charge in [0, 0.05) is 13.1 Å². The Labute approximate surface area is 225 Å². The number of hydrogen-bond donors (Lipinski definition) is 4. The first-order valence-corrected chi connectivity index (χ1v) is 13.3. The molecule has 2 aromatic heterocycles. The highest BCUT2D eigenvalue weighted by atomic mass is 32.1. The summed E-state index contributed by atoms with van der Waals surface area (Å²) in [6, 6.07) is 9.49. The average molecular weight is 540 g/mol. The molecule has 4 N–H and O–H groups in total. The highest BCUT2D eigenvalue weighted by Crippen LogP contribution is 2.15. The maximum atomic E-state index is 13.2. The second-order valence-corrected chi connectivity index (χ2v) is 9.62. The zero-order valence-corrected chi connectivity index (χ0v) is 22.6. The summed E-state index contributed by atoms with van der Waals surface area (Å²) in [6.07, 6.45) is 2.20. The van der Waals surface area contributed by atoms with E-state index in [2.05, 4.69) is 25.9 Å². The van der Waals surface area contributed by atoms with Gasteiger partial charge in [0.15, 0.2) is 0 Å². The number of phenolic OH excluding ortho intramolecular Hbond substituents is 1. The van der Waals surface area contributed by atoms with Crippen LogP contribution in [0.2, 0.25) is 0 Å². The zero-order chi connectivity index (χ0) is 27.5. The van der Waals surface area contributed by atoms with E-state index in [0.717, 1.165) is 18.4 Å². The van der Waals surface area contributed by atoms with Gasteiger partial charge in [0.25, 0.3) is 11.8 Å². The molecule has 11 heteroatoms. The Hall–Kier alpha value is -3.99. The highest BCUT2D eigenvalue weighted by Gasteiger charge is 2.26. The van der Waals surface area contributed by atoms with E-state index in [-0.39, 0.29) is 30.4 Å². The predicted octanol–water partition coefficient (Wildman–Crippen LogP) is 3.39. The second-order valence-electron chi connectivity index (χ2n) is 8.67. The molecule has 3 aromatic rings. The van der Waals surface area contributed by atoms with Crippen LogP contribution in [0.25, 0.3) is 0 Å². The number of phenols is 1. The summed E-state index contributed by atoms with van der Waals surface area (Å²) in [7, 11) is 0. The Kier molecular flexibility index (Phi) is 10.6. The van der Waals surface area contributed by atoms with Gasteiger partial charge in [-0.05, 0) is 62.3 Å². The van der Waals surface area contributed by atoms with Gasteiger partial charge in [-0.25, -0.2) is 14.8 Å². The third-order valence-corrected chi connectivity index (χ3v) is 6.45. The molecule has 0 aliphatic carbocycles. The number of aryl methyl sites for hydroxylation is 3. The van der Waals surface area contributed by atoms with Gasteiger partial charge in [-0.15, -0.1) is 11.3 Å². The predicted molar refractivity (Wildman–Crippen MR) is 146 cm³/mol. The number of aromatic nitrogens is 2. The number of thiophene rings is 1. The van der Waals surface area contributed by atoms with Gasteiger partial charge in [0.2, 0.25) is 5.95 Å². The van der Waals surface area contributed by atoms with Crippen LogP contribution in [0.3, 0.4) is 0 Å². The Morgan fingerprint density at radius 3 is 2.50 bits per heavy atom. The monoisotopic (exact) mass is 539 g/mol. The summed E-state index contributed by atoms with van der Waals surface area (Å²) in [5, 5.41) is 19.9. The van der Waals surface area contributed by atoms with Crippen molar-refractivity contribution in [3.63, 3.8) is 0 Å². The molecule has 0 saturated carbocycles. The molecule has 3 rings (SSSR count). The van der Waals surface area contributed by atoms with Crippen LogP contribution in [0.4, 0.5) is 5.95 Å². The van der Waals surface area contributed by atoms with Gasteiger partial charge in [-0.2, -0.15) is 0 Å². The Bertz CT molecular complexity index is 1230. The lowest BCUT2D eigenvalue weighted by atomic mass is 10.1. The summed E-state index contributed by atoms with van der Waals surface area (Å²) in [4.78, 5) is 47.5. The minimum atomic E-state index is -1.08.